The van der Waals surface area contributed by atoms with E-state index in [1.54, 1.807) is 0 Å². The van der Waals surface area contributed by atoms with Crippen molar-refractivity contribution in [1.29, 1.82) is 0 Å². The molecule has 0 fully saturated rings. The minimum Gasteiger partial charge on any atom is -0.489 e. The second-order valence-corrected chi connectivity index (χ2v) is 5.82. The van der Waals surface area contributed by atoms with Gasteiger partial charge in [-0.3, -0.25) is 0 Å². The van der Waals surface area contributed by atoms with Crippen LogP contribution in [0.5, 0.6) is 5.75 Å². The van der Waals surface area contributed by atoms with Crippen molar-refractivity contribution in [1.82, 2.24) is 0 Å². The van der Waals surface area contributed by atoms with Crippen LogP contribution in [0.25, 0.3) is 28.0 Å². The smallest absolute Gasteiger partial charge is 0.271 e. The lowest BCUT2D eigenvalue weighted by atomic mass is 9.98. The maximum absolute atomic E-state index is 14.4. The fourth-order valence-corrected chi connectivity index (χ4v) is 2.81. The van der Waals surface area contributed by atoms with Crippen LogP contribution in [0.15, 0.2) is 55.1 Å². The first kappa shape index (κ1) is 19.5. The maximum Gasteiger partial charge on any atom is 0.271 e. The molecule has 0 aromatic heterocycles. The SMILES string of the molecule is C=CCOc1cc(F)c(-c2ccc3c(F)c(C=C(F)F)c(F)cc3c2)c(F)c1. The third kappa shape index (κ3) is 3.74. The van der Waals surface area contributed by atoms with E-state index in [1.165, 1.54) is 18.2 Å². The lowest BCUT2D eigenvalue weighted by molar-refractivity contribution is 0.358. The number of rotatable bonds is 5. The van der Waals surface area contributed by atoms with Crippen LogP contribution in [0.4, 0.5) is 26.3 Å². The predicted octanol–water partition coefficient (Wildman–Crippen LogP) is 6.87. The average molecular weight is 394 g/mol. The molecule has 3 aromatic carbocycles. The van der Waals surface area contributed by atoms with E-state index in [9.17, 15) is 26.3 Å². The number of hydrogen-bond acceptors (Lipinski definition) is 1. The lowest BCUT2D eigenvalue weighted by Crippen LogP contribution is -1.97. The van der Waals surface area contributed by atoms with E-state index in [4.69, 9.17) is 4.74 Å². The van der Waals surface area contributed by atoms with Crippen LogP contribution in [0, 0.1) is 23.3 Å². The second kappa shape index (κ2) is 7.80. The molecule has 0 amide bonds. The number of ether oxygens (including phenoxy) is 1. The Morgan fingerprint density at radius 2 is 1.61 bits per heavy atom. The molecule has 3 rings (SSSR count). The fraction of sp³-hybridized carbons (Fsp3) is 0.0476. The van der Waals surface area contributed by atoms with E-state index in [0.29, 0.717) is 0 Å². The van der Waals surface area contributed by atoms with E-state index in [1.807, 2.05) is 0 Å². The molecule has 7 heteroatoms. The Morgan fingerprint density at radius 1 is 0.929 bits per heavy atom. The molecule has 0 saturated heterocycles. The van der Waals surface area contributed by atoms with Gasteiger partial charge in [-0.2, -0.15) is 8.78 Å². The molecule has 3 aromatic rings. The Kier molecular flexibility index (Phi) is 5.44. The van der Waals surface area contributed by atoms with E-state index in [2.05, 4.69) is 6.58 Å². The largest absolute Gasteiger partial charge is 0.489 e. The summed E-state index contributed by atoms with van der Waals surface area (Å²) in [5, 5.41) is -0.195. The molecule has 0 bridgehead atoms. The van der Waals surface area contributed by atoms with Gasteiger partial charge in [0.1, 0.15) is 35.6 Å². The molecule has 0 saturated carbocycles. The van der Waals surface area contributed by atoms with Crippen molar-refractivity contribution in [2.45, 2.75) is 0 Å². The summed E-state index contributed by atoms with van der Waals surface area (Å²) in [6.45, 7) is 3.49. The van der Waals surface area contributed by atoms with Crippen molar-refractivity contribution >= 4 is 16.8 Å². The van der Waals surface area contributed by atoms with Gasteiger partial charge in [-0.15, -0.1) is 0 Å². The summed E-state index contributed by atoms with van der Waals surface area (Å²) in [7, 11) is 0. The van der Waals surface area contributed by atoms with Gasteiger partial charge in [0.05, 0.1) is 11.1 Å². The first-order valence-electron chi connectivity index (χ1n) is 7.99. The van der Waals surface area contributed by atoms with Crippen LogP contribution in [-0.2, 0) is 0 Å². The minimum atomic E-state index is -2.25. The first-order chi connectivity index (χ1) is 13.3. The van der Waals surface area contributed by atoms with Crippen molar-refractivity contribution in [2.24, 2.45) is 0 Å². The van der Waals surface area contributed by atoms with E-state index < -0.39 is 40.5 Å². The van der Waals surface area contributed by atoms with Crippen LogP contribution >= 0.6 is 0 Å². The lowest BCUT2D eigenvalue weighted by Gasteiger charge is -2.11. The molecule has 28 heavy (non-hydrogen) atoms. The zero-order valence-corrected chi connectivity index (χ0v) is 14.2. The highest BCUT2D eigenvalue weighted by atomic mass is 19.3. The Hall–Kier alpha value is -3.22. The molecule has 0 unspecified atom stereocenters. The molecule has 0 N–H and O–H groups in total. The van der Waals surface area contributed by atoms with Gasteiger partial charge in [0.2, 0.25) is 0 Å². The number of fused-ring (bicyclic) bond motifs is 1. The van der Waals surface area contributed by atoms with E-state index in [-0.39, 0.29) is 34.8 Å². The van der Waals surface area contributed by atoms with E-state index >= 15 is 0 Å². The van der Waals surface area contributed by atoms with Gasteiger partial charge in [0.25, 0.3) is 6.08 Å². The third-order valence-electron chi connectivity index (χ3n) is 3.99. The van der Waals surface area contributed by atoms with E-state index in [0.717, 1.165) is 24.3 Å². The summed E-state index contributed by atoms with van der Waals surface area (Å²) in [5.41, 5.74) is -1.27. The molecular weight excluding hydrogens is 382 g/mol. The zero-order valence-electron chi connectivity index (χ0n) is 14.2. The van der Waals surface area contributed by atoms with Gasteiger partial charge in [-0.05, 0) is 23.1 Å². The summed E-state index contributed by atoms with van der Waals surface area (Å²) in [4.78, 5) is 0. The summed E-state index contributed by atoms with van der Waals surface area (Å²) >= 11 is 0. The van der Waals surface area contributed by atoms with Crippen LogP contribution in [-0.4, -0.2) is 6.61 Å². The molecule has 0 aliphatic heterocycles. The Morgan fingerprint density at radius 3 is 2.21 bits per heavy atom. The molecule has 1 nitrogen and oxygen atoms in total. The number of benzene rings is 3. The molecule has 0 radical (unpaired) electrons. The predicted molar refractivity (Wildman–Crippen MR) is 95.1 cm³/mol. The van der Waals surface area contributed by atoms with Gasteiger partial charge < -0.3 is 4.74 Å². The van der Waals surface area contributed by atoms with Crippen LogP contribution in [0.3, 0.4) is 0 Å². The normalized spacial score (nSPS) is 10.8. The van der Waals surface area contributed by atoms with Gasteiger partial charge in [0.15, 0.2) is 0 Å². The summed E-state index contributed by atoms with van der Waals surface area (Å²) in [5.74, 6) is -4.31. The van der Waals surface area contributed by atoms with Crippen LogP contribution in [0.1, 0.15) is 5.56 Å². The number of hydrogen-bond donors (Lipinski definition) is 0. The summed E-state index contributed by atoms with van der Waals surface area (Å²) in [6, 6.07) is 6.32. The van der Waals surface area contributed by atoms with Crippen LogP contribution < -0.4 is 4.74 Å². The van der Waals surface area contributed by atoms with Crippen molar-refractivity contribution in [3.63, 3.8) is 0 Å². The average Bonchev–Trinajstić information content (AvgIpc) is 2.62. The van der Waals surface area contributed by atoms with Gasteiger partial charge in [-0.25, -0.2) is 17.6 Å². The minimum absolute atomic E-state index is 0.0246. The van der Waals surface area contributed by atoms with Gasteiger partial charge in [-0.1, -0.05) is 24.8 Å². The standard InChI is InChI=1S/C21H12F6O/c1-2-5-28-13-8-17(23)20(18(24)9-13)11-3-4-14-12(6-11)7-16(22)15(21(14)27)10-19(25)26/h2-4,6-10H,1,5H2. The molecule has 144 valence electrons. The Bertz CT molecular complexity index is 1080. The Labute approximate surface area is 156 Å². The second-order valence-electron chi connectivity index (χ2n) is 5.82. The molecule has 0 heterocycles. The molecular formula is C21H12F6O. The highest BCUT2D eigenvalue weighted by Gasteiger charge is 2.17. The topological polar surface area (TPSA) is 9.23 Å². The van der Waals surface area contributed by atoms with Crippen molar-refractivity contribution in [3.05, 3.63) is 84.0 Å². The fourth-order valence-electron chi connectivity index (χ4n) is 2.81. The highest BCUT2D eigenvalue weighted by molar-refractivity contribution is 5.90. The van der Waals surface area contributed by atoms with Crippen molar-refractivity contribution in [3.8, 4) is 16.9 Å². The summed E-state index contributed by atoms with van der Waals surface area (Å²) in [6.07, 6.45) is -0.759. The molecule has 0 aliphatic carbocycles. The first-order valence-corrected chi connectivity index (χ1v) is 7.99. The molecule has 0 atom stereocenters. The van der Waals surface area contributed by atoms with Crippen molar-refractivity contribution in [2.75, 3.05) is 6.61 Å². The summed E-state index contributed by atoms with van der Waals surface area (Å²) < 4.78 is 87.1. The maximum atomic E-state index is 14.4. The molecule has 0 spiro atoms. The van der Waals surface area contributed by atoms with Gasteiger partial charge in [0, 0.05) is 23.6 Å². The van der Waals surface area contributed by atoms with Crippen LogP contribution in [0.2, 0.25) is 0 Å². The van der Waals surface area contributed by atoms with Gasteiger partial charge >= 0.3 is 0 Å². The van der Waals surface area contributed by atoms with Crippen molar-refractivity contribution < 1.29 is 31.1 Å². The quantitative estimate of drug-likeness (QED) is 0.339. The molecule has 0 aliphatic rings. The Balaban J connectivity index is 2.13. The zero-order chi connectivity index (χ0) is 20.4. The third-order valence-corrected chi connectivity index (χ3v) is 3.99. The monoisotopic (exact) mass is 394 g/mol. The highest BCUT2D eigenvalue weighted by Crippen LogP contribution is 2.34. The number of halogens is 6.